The van der Waals surface area contributed by atoms with Crippen molar-refractivity contribution in [2.45, 2.75) is 13.3 Å². The molecule has 0 aliphatic rings. The molecule has 0 amide bonds. The van der Waals surface area contributed by atoms with Crippen molar-refractivity contribution >= 4 is 33.0 Å². The summed E-state index contributed by atoms with van der Waals surface area (Å²) in [6.07, 6.45) is 0.953. The summed E-state index contributed by atoms with van der Waals surface area (Å²) in [5.41, 5.74) is 1.36. The Morgan fingerprint density at radius 3 is 2.89 bits per heavy atom. The van der Waals surface area contributed by atoms with E-state index in [4.69, 9.17) is 4.74 Å². The highest BCUT2D eigenvalue weighted by Crippen LogP contribution is 2.25. The monoisotopic (exact) mass is 324 g/mol. The van der Waals surface area contributed by atoms with E-state index >= 15 is 0 Å². The molecule has 0 aliphatic carbocycles. The summed E-state index contributed by atoms with van der Waals surface area (Å²) in [4.78, 5) is 12.3. The van der Waals surface area contributed by atoms with Gasteiger partial charge in [0.25, 0.3) is 0 Å². The molecule has 1 heterocycles. The van der Waals surface area contributed by atoms with Gasteiger partial charge in [0.2, 0.25) is 0 Å². The summed E-state index contributed by atoms with van der Waals surface area (Å²) >= 11 is 4.89. The summed E-state index contributed by atoms with van der Waals surface area (Å²) in [7, 11) is 0. The van der Waals surface area contributed by atoms with Crippen LogP contribution in [0.5, 0.6) is 5.75 Å². The van der Waals surface area contributed by atoms with Gasteiger partial charge in [0, 0.05) is 26.4 Å². The molecule has 2 nitrogen and oxygen atoms in total. The van der Waals surface area contributed by atoms with Gasteiger partial charge in [0.1, 0.15) is 5.75 Å². The minimum absolute atomic E-state index is 0.0186. The lowest BCUT2D eigenvalue weighted by Gasteiger charge is -2.06. The number of thiophene rings is 1. The van der Waals surface area contributed by atoms with E-state index in [0.29, 0.717) is 17.7 Å². The van der Waals surface area contributed by atoms with E-state index in [1.807, 2.05) is 29.0 Å². The van der Waals surface area contributed by atoms with Crippen molar-refractivity contribution in [3.05, 3.63) is 50.6 Å². The van der Waals surface area contributed by atoms with Crippen molar-refractivity contribution in [3.8, 4) is 5.75 Å². The fraction of sp³-hybridized carbons (Fsp3) is 0.214. The Morgan fingerprint density at radius 1 is 1.39 bits per heavy atom. The van der Waals surface area contributed by atoms with Crippen molar-refractivity contribution in [2.75, 3.05) is 6.61 Å². The summed E-state index contributed by atoms with van der Waals surface area (Å²) in [5.74, 6) is 0.763. The van der Waals surface area contributed by atoms with Crippen molar-refractivity contribution in [1.82, 2.24) is 0 Å². The van der Waals surface area contributed by atoms with Crippen molar-refractivity contribution in [1.29, 1.82) is 0 Å². The van der Waals surface area contributed by atoms with E-state index in [9.17, 15) is 4.79 Å². The molecule has 0 fully saturated rings. The molecule has 1 aromatic carbocycles. The Balaban J connectivity index is 2.23. The summed E-state index contributed by atoms with van der Waals surface area (Å²) in [6.45, 7) is 2.72. The molecule has 94 valence electrons. The summed E-state index contributed by atoms with van der Waals surface area (Å²) < 4.78 is 6.38. The molecule has 0 saturated heterocycles. The molecule has 4 heteroatoms. The average Bonchev–Trinajstić information content (AvgIpc) is 2.82. The van der Waals surface area contributed by atoms with Gasteiger partial charge in [-0.25, -0.2) is 0 Å². The van der Waals surface area contributed by atoms with Crippen LogP contribution < -0.4 is 4.74 Å². The van der Waals surface area contributed by atoms with E-state index in [1.165, 1.54) is 11.3 Å². The maximum atomic E-state index is 12.3. The third-order valence-electron chi connectivity index (χ3n) is 2.43. The van der Waals surface area contributed by atoms with E-state index in [2.05, 4.69) is 22.9 Å². The normalized spacial score (nSPS) is 10.3. The number of carbonyl (C=O) groups is 1. The van der Waals surface area contributed by atoms with Crippen LogP contribution in [0.2, 0.25) is 0 Å². The number of carbonyl (C=O) groups excluding carboxylic acids is 1. The van der Waals surface area contributed by atoms with E-state index in [0.717, 1.165) is 16.6 Å². The highest BCUT2D eigenvalue weighted by Gasteiger charge is 2.13. The standard InChI is InChI=1S/C14H13BrO2S/c1-2-6-17-11-5-3-4-10(7-11)14(16)12-8-18-9-13(12)15/h3-5,7-9H,2,6H2,1H3. The Labute approximate surface area is 119 Å². The predicted octanol–water partition coefficient (Wildman–Crippen LogP) is 4.53. The first-order valence-corrected chi connectivity index (χ1v) is 7.45. The Bertz CT molecular complexity index is 548. The average molecular weight is 325 g/mol. The zero-order chi connectivity index (χ0) is 13.0. The van der Waals surface area contributed by atoms with Crippen molar-refractivity contribution in [3.63, 3.8) is 0 Å². The molecule has 0 N–H and O–H groups in total. The highest BCUT2D eigenvalue weighted by atomic mass is 79.9. The lowest BCUT2D eigenvalue weighted by atomic mass is 10.1. The molecule has 0 unspecified atom stereocenters. The quantitative estimate of drug-likeness (QED) is 0.755. The second-order valence-electron chi connectivity index (χ2n) is 3.84. The molecule has 2 aromatic rings. The molecule has 1 aromatic heterocycles. The van der Waals surface area contributed by atoms with Gasteiger partial charge < -0.3 is 4.74 Å². The van der Waals surface area contributed by atoms with Crippen LogP contribution in [0.15, 0.2) is 39.5 Å². The number of hydrogen-bond donors (Lipinski definition) is 0. The van der Waals surface area contributed by atoms with Gasteiger partial charge in [-0.3, -0.25) is 4.79 Å². The summed E-state index contributed by atoms with van der Waals surface area (Å²) in [6, 6.07) is 7.32. The number of ether oxygens (including phenoxy) is 1. The number of benzene rings is 1. The number of hydrogen-bond acceptors (Lipinski definition) is 3. The molecule has 0 aliphatic heterocycles. The van der Waals surface area contributed by atoms with Gasteiger partial charge in [-0.2, -0.15) is 11.3 Å². The topological polar surface area (TPSA) is 26.3 Å². The van der Waals surface area contributed by atoms with Gasteiger partial charge in [0.05, 0.1) is 6.61 Å². The van der Waals surface area contributed by atoms with Crippen molar-refractivity contribution in [2.24, 2.45) is 0 Å². The molecule has 2 rings (SSSR count). The molecule has 0 spiro atoms. The largest absolute Gasteiger partial charge is 0.494 e. The van der Waals surface area contributed by atoms with Crippen LogP contribution in [0.4, 0.5) is 0 Å². The minimum Gasteiger partial charge on any atom is -0.494 e. The van der Waals surface area contributed by atoms with Crippen LogP contribution >= 0.6 is 27.3 Å². The van der Waals surface area contributed by atoms with Crippen molar-refractivity contribution < 1.29 is 9.53 Å². The fourth-order valence-corrected chi connectivity index (χ4v) is 3.00. The highest BCUT2D eigenvalue weighted by molar-refractivity contribution is 9.10. The van der Waals surface area contributed by atoms with Gasteiger partial charge in [-0.1, -0.05) is 19.1 Å². The number of rotatable bonds is 5. The van der Waals surface area contributed by atoms with E-state index in [1.54, 1.807) is 6.07 Å². The maximum Gasteiger partial charge on any atom is 0.195 e. The van der Waals surface area contributed by atoms with E-state index in [-0.39, 0.29) is 5.78 Å². The van der Waals surface area contributed by atoms with Gasteiger partial charge in [0.15, 0.2) is 5.78 Å². The molecule has 0 atom stereocenters. The number of halogens is 1. The zero-order valence-corrected chi connectivity index (χ0v) is 12.4. The van der Waals surface area contributed by atoms with Crippen LogP contribution in [0.1, 0.15) is 29.3 Å². The SMILES string of the molecule is CCCOc1cccc(C(=O)c2cscc2Br)c1. The van der Waals surface area contributed by atoms with Gasteiger partial charge in [-0.15, -0.1) is 0 Å². The lowest BCUT2D eigenvalue weighted by Crippen LogP contribution is -2.02. The fourth-order valence-electron chi connectivity index (χ4n) is 1.55. The zero-order valence-electron chi connectivity index (χ0n) is 9.98. The Kier molecular flexibility index (Phi) is 4.55. The van der Waals surface area contributed by atoms with Crippen LogP contribution in [0.25, 0.3) is 0 Å². The molecule has 0 saturated carbocycles. The van der Waals surface area contributed by atoms with Gasteiger partial charge in [-0.05, 0) is 34.5 Å². The molecule has 0 radical (unpaired) electrons. The molecule has 0 bridgehead atoms. The first kappa shape index (κ1) is 13.3. The third kappa shape index (κ3) is 3.00. The van der Waals surface area contributed by atoms with Crippen LogP contribution in [0, 0.1) is 0 Å². The molecular weight excluding hydrogens is 312 g/mol. The third-order valence-corrected chi connectivity index (χ3v) is 4.13. The Morgan fingerprint density at radius 2 is 2.22 bits per heavy atom. The van der Waals surface area contributed by atoms with E-state index < -0.39 is 0 Å². The first-order chi connectivity index (χ1) is 8.72. The molecule has 18 heavy (non-hydrogen) atoms. The molecular formula is C14H13BrO2S. The van der Waals surface area contributed by atoms with Crippen LogP contribution in [-0.4, -0.2) is 12.4 Å². The second kappa shape index (κ2) is 6.16. The predicted molar refractivity (Wildman–Crippen MR) is 77.7 cm³/mol. The second-order valence-corrected chi connectivity index (χ2v) is 5.44. The first-order valence-electron chi connectivity index (χ1n) is 5.71. The van der Waals surface area contributed by atoms with Crippen LogP contribution in [0.3, 0.4) is 0 Å². The maximum absolute atomic E-state index is 12.3. The lowest BCUT2D eigenvalue weighted by molar-refractivity contribution is 0.103. The Hall–Kier alpha value is -1.13. The summed E-state index contributed by atoms with van der Waals surface area (Å²) in [5, 5.41) is 3.76. The van der Waals surface area contributed by atoms with Crippen LogP contribution in [-0.2, 0) is 0 Å². The minimum atomic E-state index is 0.0186. The smallest absolute Gasteiger partial charge is 0.195 e. The van der Waals surface area contributed by atoms with Gasteiger partial charge >= 0.3 is 0 Å². The number of ketones is 1.